The molecule has 6 heteroatoms. The minimum absolute atomic E-state index is 0.0152. The standard InChI is InChI=1S/C21H23BrO4S/c1-10-6-17(24)19-15(9-27-13-5-3-4-12(22)7-13)21(25)26-20(19)18-11(2)16(23)8-14(10)18/h3-5,7,11,14-15,17-20,24H,1,6,8-9H2,2H3/t11-,14+,15+,17+,18+,19-,20+/m1/s1. The van der Waals surface area contributed by atoms with Gasteiger partial charge < -0.3 is 9.84 Å². The lowest BCUT2D eigenvalue weighted by Gasteiger charge is -2.29. The molecule has 0 aromatic heterocycles. The van der Waals surface area contributed by atoms with E-state index in [1.165, 1.54) is 0 Å². The fourth-order valence-electron chi connectivity index (χ4n) is 5.02. The Balaban J connectivity index is 1.59. The van der Waals surface area contributed by atoms with Crippen molar-refractivity contribution in [1.29, 1.82) is 0 Å². The first-order valence-corrected chi connectivity index (χ1v) is 11.1. The Morgan fingerprint density at radius 2 is 2.07 bits per heavy atom. The molecular weight excluding hydrogens is 428 g/mol. The predicted octanol–water partition coefficient (Wildman–Crippen LogP) is 3.86. The van der Waals surface area contributed by atoms with Gasteiger partial charge in [0, 0.05) is 39.3 Å². The molecule has 0 bridgehead atoms. The zero-order chi connectivity index (χ0) is 19.3. The van der Waals surface area contributed by atoms with Crippen LogP contribution in [-0.4, -0.2) is 34.8 Å². The van der Waals surface area contributed by atoms with Crippen molar-refractivity contribution in [2.75, 3.05) is 5.75 Å². The summed E-state index contributed by atoms with van der Waals surface area (Å²) in [5.41, 5.74) is 0.925. The Labute approximate surface area is 171 Å². The van der Waals surface area contributed by atoms with Gasteiger partial charge >= 0.3 is 5.97 Å². The van der Waals surface area contributed by atoms with Gasteiger partial charge in [-0.2, -0.15) is 0 Å². The highest BCUT2D eigenvalue weighted by molar-refractivity contribution is 9.10. The summed E-state index contributed by atoms with van der Waals surface area (Å²) < 4.78 is 6.80. The average Bonchev–Trinajstić information content (AvgIpc) is 3.06. The number of rotatable bonds is 3. The number of aliphatic hydroxyl groups is 1. The highest BCUT2D eigenvalue weighted by atomic mass is 79.9. The predicted molar refractivity (Wildman–Crippen MR) is 107 cm³/mol. The molecule has 1 saturated heterocycles. The van der Waals surface area contributed by atoms with Crippen LogP contribution in [0, 0.1) is 29.6 Å². The number of carbonyl (C=O) groups is 2. The molecule has 7 atom stereocenters. The summed E-state index contributed by atoms with van der Waals surface area (Å²) in [5, 5.41) is 10.9. The van der Waals surface area contributed by atoms with Gasteiger partial charge in [0.1, 0.15) is 11.9 Å². The summed E-state index contributed by atoms with van der Waals surface area (Å²) in [6.07, 6.45) is -0.159. The van der Waals surface area contributed by atoms with Gasteiger partial charge in [0.05, 0.1) is 12.0 Å². The van der Waals surface area contributed by atoms with Gasteiger partial charge in [-0.15, -0.1) is 11.8 Å². The number of aliphatic hydroxyl groups excluding tert-OH is 1. The Hall–Kier alpha value is -1.11. The number of Topliss-reactive ketones (excluding diaryl/α,β-unsaturated/α-hetero) is 1. The normalized spacial score (nSPS) is 38.3. The molecule has 0 amide bonds. The second-order valence-electron chi connectivity index (χ2n) is 7.93. The quantitative estimate of drug-likeness (QED) is 0.430. The maximum atomic E-state index is 12.7. The third-order valence-electron chi connectivity index (χ3n) is 6.41. The van der Waals surface area contributed by atoms with E-state index in [9.17, 15) is 14.7 Å². The van der Waals surface area contributed by atoms with Gasteiger partial charge in [-0.25, -0.2) is 0 Å². The molecule has 4 nitrogen and oxygen atoms in total. The van der Waals surface area contributed by atoms with Crippen molar-refractivity contribution in [3.63, 3.8) is 0 Å². The number of thioether (sulfide) groups is 1. The summed E-state index contributed by atoms with van der Waals surface area (Å²) >= 11 is 5.06. The molecule has 1 aromatic rings. The molecule has 0 spiro atoms. The van der Waals surface area contributed by atoms with Crippen molar-refractivity contribution in [3.8, 4) is 0 Å². The molecule has 3 fully saturated rings. The van der Waals surface area contributed by atoms with Gasteiger partial charge in [0.15, 0.2) is 0 Å². The van der Waals surface area contributed by atoms with Crippen molar-refractivity contribution in [1.82, 2.24) is 0 Å². The minimum Gasteiger partial charge on any atom is -0.461 e. The van der Waals surface area contributed by atoms with E-state index in [4.69, 9.17) is 4.74 Å². The lowest BCUT2D eigenvalue weighted by molar-refractivity contribution is -0.146. The number of carbonyl (C=O) groups excluding carboxylic acids is 2. The summed E-state index contributed by atoms with van der Waals surface area (Å²) in [4.78, 5) is 26.1. The van der Waals surface area contributed by atoms with E-state index in [0.717, 1.165) is 14.9 Å². The van der Waals surface area contributed by atoms with Crippen LogP contribution < -0.4 is 0 Å². The van der Waals surface area contributed by atoms with E-state index in [-0.39, 0.29) is 41.3 Å². The number of hydrogen-bond donors (Lipinski definition) is 1. The highest BCUT2D eigenvalue weighted by Crippen LogP contribution is 2.52. The summed E-state index contributed by atoms with van der Waals surface area (Å²) in [7, 11) is 0. The van der Waals surface area contributed by atoms with Crippen molar-refractivity contribution in [2.45, 2.75) is 36.9 Å². The molecule has 2 saturated carbocycles. The minimum atomic E-state index is -0.657. The molecule has 4 rings (SSSR count). The molecule has 1 N–H and O–H groups in total. The molecular formula is C21H23BrO4S. The van der Waals surface area contributed by atoms with Gasteiger partial charge in [-0.05, 0) is 30.5 Å². The summed E-state index contributed by atoms with van der Waals surface area (Å²) in [5.74, 6) is -0.332. The molecule has 1 heterocycles. The van der Waals surface area contributed by atoms with E-state index in [1.807, 2.05) is 31.2 Å². The van der Waals surface area contributed by atoms with Crippen molar-refractivity contribution in [2.24, 2.45) is 29.6 Å². The molecule has 27 heavy (non-hydrogen) atoms. The van der Waals surface area contributed by atoms with Crippen LogP contribution in [0.15, 0.2) is 45.8 Å². The largest absolute Gasteiger partial charge is 0.461 e. The second kappa shape index (κ2) is 7.37. The number of hydrogen-bond acceptors (Lipinski definition) is 5. The second-order valence-corrected chi connectivity index (χ2v) is 9.94. The van der Waals surface area contributed by atoms with Crippen molar-refractivity contribution >= 4 is 39.4 Å². The van der Waals surface area contributed by atoms with Crippen LogP contribution in [0.4, 0.5) is 0 Å². The molecule has 0 radical (unpaired) electrons. The SMILES string of the molecule is C=C1C[C@H](O)[C@@H]2[C@@H](OC(=O)[C@H]2CSc2cccc(Br)c2)[C@H]2[C@H](C)C(=O)C[C@@H]12. The molecule has 144 valence electrons. The molecule has 1 aliphatic heterocycles. The fourth-order valence-corrected chi connectivity index (χ4v) is 6.68. The highest BCUT2D eigenvalue weighted by Gasteiger charge is 2.58. The van der Waals surface area contributed by atoms with Gasteiger partial charge in [0.2, 0.25) is 0 Å². The topological polar surface area (TPSA) is 63.6 Å². The maximum absolute atomic E-state index is 12.7. The van der Waals surface area contributed by atoms with E-state index < -0.39 is 12.2 Å². The van der Waals surface area contributed by atoms with Gasteiger partial charge in [0.25, 0.3) is 0 Å². The molecule has 3 aliphatic rings. The first kappa shape index (κ1) is 19.2. The van der Waals surface area contributed by atoms with Crippen LogP contribution >= 0.6 is 27.7 Å². The maximum Gasteiger partial charge on any atom is 0.310 e. The smallest absolute Gasteiger partial charge is 0.310 e. The number of benzene rings is 1. The van der Waals surface area contributed by atoms with Crippen molar-refractivity contribution in [3.05, 3.63) is 40.9 Å². The fraction of sp³-hybridized carbons (Fsp3) is 0.524. The number of ether oxygens (including phenoxy) is 1. The van der Waals surface area contributed by atoms with E-state index in [2.05, 4.69) is 22.5 Å². The summed E-state index contributed by atoms with van der Waals surface area (Å²) in [6.45, 7) is 6.07. The first-order valence-electron chi connectivity index (χ1n) is 9.34. The molecule has 2 aliphatic carbocycles. The Morgan fingerprint density at radius 3 is 2.81 bits per heavy atom. The Kier molecular flexibility index (Phi) is 5.25. The Bertz CT molecular complexity index is 794. The van der Waals surface area contributed by atoms with Gasteiger partial charge in [-0.1, -0.05) is 41.1 Å². The monoisotopic (exact) mass is 450 g/mol. The van der Waals surface area contributed by atoms with E-state index in [1.54, 1.807) is 11.8 Å². The lowest BCUT2D eigenvalue weighted by atomic mass is 9.77. The lowest BCUT2D eigenvalue weighted by Crippen LogP contribution is -2.38. The average molecular weight is 451 g/mol. The van der Waals surface area contributed by atoms with Crippen LogP contribution in [0.1, 0.15) is 19.8 Å². The van der Waals surface area contributed by atoms with Crippen LogP contribution in [0.3, 0.4) is 0 Å². The van der Waals surface area contributed by atoms with Crippen LogP contribution in [0.5, 0.6) is 0 Å². The number of fused-ring (bicyclic) bond motifs is 3. The third-order valence-corrected chi connectivity index (χ3v) is 8.02. The van der Waals surface area contributed by atoms with E-state index >= 15 is 0 Å². The molecule has 0 unspecified atom stereocenters. The number of esters is 1. The zero-order valence-electron chi connectivity index (χ0n) is 15.1. The van der Waals surface area contributed by atoms with Crippen LogP contribution in [0.2, 0.25) is 0 Å². The number of ketones is 1. The van der Waals surface area contributed by atoms with Crippen molar-refractivity contribution < 1.29 is 19.4 Å². The van der Waals surface area contributed by atoms with E-state index in [0.29, 0.717) is 18.6 Å². The van der Waals surface area contributed by atoms with Crippen LogP contribution in [0.25, 0.3) is 0 Å². The van der Waals surface area contributed by atoms with Crippen LogP contribution in [-0.2, 0) is 14.3 Å². The third kappa shape index (κ3) is 3.40. The molecule has 1 aromatic carbocycles. The number of halogens is 1. The summed E-state index contributed by atoms with van der Waals surface area (Å²) in [6, 6.07) is 7.94. The zero-order valence-corrected chi connectivity index (χ0v) is 17.5. The Morgan fingerprint density at radius 1 is 1.30 bits per heavy atom. The first-order chi connectivity index (χ1) is 12.9. The van der Waals surface area contributed by atoms with Gasteiger partial charge in [-0.3, -0.25) is 9.59 Å².